The Kier molecular flexibility index (Phi) is 4.41. The van der Waals surface area contributed by atoms with Crippen molar-refractivity contribution in [2.45, 2.75) is 25.7 Å². The second-order valence-electron chi connectivity index (χ2n) is 6.45. The molecule has 1 unspecified atom stereocenters. The summed E-state index contributed by atoms with van der Waals surface area (Å²) in [4.78, 5) is 24.4. The van der Waals surface area contributed by atoms with Crippen LogP contribution in [0.3, 0.4) is 0 Å². The van der Waals surface area contributed by atoms with Gasteiger partial charge in [0.1, 0.15) is 5.83 Å². The molecule has 0 spiro atoms. The number of benzene rings is 1. The number of carbonyl (C=O) groups excluding carboxylic acids is 2. The molecule has 0 aromatic heterocycles. The maximum Gasteiger partial charge on any atom is 0.254 e. The molecule has 1 atom stereocenters. The first-order valence-electron chi connectivity index (χ1n) is 7.97. The largest absolute Gasteiger partial charge is 0.369 e. The standard InChI is InChI=1S/C18H17F3N2O2/c19-13-6-7-18(17(22)25,10-2-1-3-10)9-12(13)16(24)23-11-4-5-14(20)15(21)8-11/h4-8,10H,1-3,9H2,(H2,22,25)(H,23,24). The minimum atomic E-state index is -1.13. The Balaban J connectivity index is 1.84. The maximum atomic E-state index is 14.2. The fraction of sp³-hybridized carbons (Fsp3) is 0.333. The van der Waals surface area contributed by atoms with Crippen molar-refractivity contribution in [2.24, 2.45) is 17.1 Å². The molecule has 1 aromatic carbocycles. The number of primary amides is 1. The van der Waals surface area contributed by atoms with E-state index in [0.29, 0.717) is 0 Å². The average molecular weight is 350 g/mol. The lowest BCUT2D eigenvalue weighted by Gasteiger charge is -2.42. The van der Waals surface area contributed by atoms with Crippen LogP contribution in [0.15, 0.2) is 41.8 Å². The van der Waals surface area contributed by atoms with Gasteiger partial charge in [-0.25, -0.2) is 13.2 Å². The third-order valence-corrected chi connectivity index (χ3v) is 5.03. The van der Waals surface area contributed by atoms with E-state index >= 15 is 0 Å². The number of anilines is 1. The van der Waals surface area contributed by atoms with Gasteiger partial charge in [-0.1, -0.05) is 12.5 Å². The first-order valence-corrected chi connectivity index (χ1v) is 7.97. The van der Waals surface area contributed by atoms with Crippen molar-refractivity contribution in [1.29, 1.82) is 0 Å². The van der Waals surface area contributed by atoms with Gasteiger partial charge in [-0.05, 0) is 43.4 Å². The van der Waals surface area contributed by atoms with E-state index in [4.69, 9.17) is 5.73 Å². The SMILES string of the molecule is NC(=O)C1(C2CCC2)C=CC(F)=C(C(=O)Nc2ccc(F)c(F)c2)C1. The number of allylic oxidation sites excluding steroid dienone is 2. The van der Waals surface area contributed by atoms with E-state index in [9.17, 15) is 22.8 Å². The van der Waals surface area contributed by atoms with Gasteiger partial charge in [-0.2, -0.15) is 0 Å². The lowest BCUT2D eigenvalue weighted by molar-refractivity contribution is -0.129. The van der Waals surface area contributed by atoms with Gasteiger partial charge in [0.2, 0.25) is 5.91 Å². The van der Waals surface area contributed by atoms with Crippen molar-refractivity contribution in [3.8, 4) is 0 Å². The van der Waals surface area contributed by atoms with Gasteiger partial charge in [0.05, 0.1) is 11.0 Å². The highest BCUT2D eigenvalue weighted by Gasteiger charge is 2.47. The van der Waals surface area contributed by atoms with Crippen LogP contribution in [0, 0.1) is 23.0 Å². The molecule has 2 amide bonds. The van der Waals surface area contributed by atoms with Crippen LogP contribution in [0.4, 0.5) is 18.9 Å². The second-order valence-corrected chi connectivity index (χ2v) is 6.45. The summed E-state index contributed by atoms with van der Waals surface area (Å²) in [7, 11) is 0. The third kappa shape index (κ3) is 3.06. The van der Waals surface area contributed by atoms with Crippen molar-refractivity contribution in [2.75, 3.05) is 5.32 Å². The molecule has 0 saturated heterocycles. The fourth-order valence-electron chi connectivity index (χ4n) is 3.30. The van der Waals surface area contributed by atoms with E-state index in [1.54, 1.807) is 0 Å². The summed E-state index contributed by atoms with van der Waals surface area (Å²) in [5, 5.41) is 2.33. The number of nitrogens with one attached hydrogen (secondary N) is 1. The van der Waals surface area contributed by atoms with E-state index in [-0.39, 0.29) is 23.6 Å². The van der Waals surface area contributed by atoms with Gasteiger partial charge in [0.25, 0.3) is 5.91 Å². The van der Waals surface area contributed by atoms with Crippen molar-refractivity contribution >= 4 is 17.5 Å². The minimum Gasteiger partial charge on any atom is -0.369 e. The van der Waals surface area contributed by atoms with Gasteiger partial charge in [0, 0.05) is 11.8 Å². The van der Waals surface area contributed by atoms with Gasteiger partial charge >= 0.3 is 0 Å². The average Bonchev–Trinajstić information content (AvgIpc) is 2.51. The van der Waals surface area contributed by atoms with Gasteiger partial charge < -0.3 is 11.1 Å². The molecule has 2 aliphatic rings. The number of rotatable bonds is 4. The van der Waals surface area contributed by atoms with E-state index < -0.39 is 34.7 Å². The van der Waals surface area contributed by atoms with Crippen LogP contribution in [0.2, 0.25) is 0 Å². The molecule has 1 saturated carbocycles. The number of carbonyl (C=O) groups is 2. The van der Waals surface area contributed by atoms with Crippen molar-refractivity contribution in [3.63, 3.8) is 0 Å². The number of hydrogen-bond donors (Lipinski definition) is 2. The minimum absolute atomic E-state index is 0.00734. The first kappa shape index (κ1) is 17.3. The molecule has 132 valence electrons. The summed E-state index contributed by atoms with van der Waals surface area (Å²) >= 11 is 0. The zero-order valence-electron chi connectivity index (χ0n) is 13.3. The molecule has 0 aliphatic heterocycles. The zero-order chi connectivity index (χ0) is 18.2. The van der Waals surface area contributed by atoms with E-state index in [1.165, 1.54) is 12.1 Å². The van der Waals surface area contributed by atoms with Crippen LogP contribution in [0.25, 0.3) is 0 Å². The van der Waals surface area contributed by atoms with Crippen LogP contribution in [0.5, 0.6) is 0 Å². The fourth-order valence-corrected chi connectivity index (χ4v) is 3.30. The summed E-state index contributed by atoms with van der Waals surface area (Å²) in [6.45, 7) is 0. The van der Waals surface area contributed by atoms with Crippen LogP contribution < -0.4 is 11.1 Å². The lowest BCUT2D eigenvalue weighted by atomic mass is 9.60. The van der Waals surface area contributed by atoms with Crippen LogP contribution in [-0.4, -0.2) is 11.8 Å². The second kappa shape index (κ2) is 6.38. The first-order chi connectivity index (χ1) is 11.8. The van der Waals surface area contributed by atoms with Gasteiger partial charge in [-0.3, -0.25) is 9.59 Å². The van der Waals surface area contributed by atoms with Crippen molar-refractivity contribution in [1.82, 2.24) is 0 Å². The number of nitrogens with two attached hydrogens (primary N) is 1. The predicted molar refractivity (Wildman–Crippen MR) is 85.8 cm³/mol. The molecule has 3 rings (SSSR count). The summed E-state index contributed by atoms with van der Waals surface area (Å²) in [5.74, 6) is -4.38. The summed E-state index contributed by atoms with van der Waals surface area (Å²) in [6, 6.07) is 2.83. The Morgan fingerprint density at radius 1 is 1.16 bits per heavy atom. The topological polar surface area (TPSA) is 72.2 Å². The molecule has 0 bridgehead atoms. The Morgan fingerprint density at radius 3 is 2.44 bits per heavy atom. The number of halogens is 3. The van der Waals surface area contributed by atoms with Crippen molar-refractivity contribution in [3.05, 3.63) is 53.4 Å². The van der Waals surface area contributed by atoms with Crippen molar-refractivity contribution < 1.29 is 22.8 Å². The lowest BCUT2D eigenvalue weighted by Crippen LogP contribution is -2.46. The van der Waals surface area contributed by atoms with Gasteiger partial charge in [-0.15, -0.1) is 0 Å². The molecule has 0 heterocycles. The summed E-state index contributed by atoms with van der Waals surface area (Å²) in [6.07, 6.45) is 4.91. The zero-order valence-corrected chi connectivity index (χ0v) is 13.3. The van der Waals surface area contributed by atoms with Crippen LogP contribution in [0.1, 0.15) is 25.7 Å². The highest BCUT2D eigenvalue weighted by atomic mass is 19.2. The van der Waals surface area contributed by atoms with E-state index in [1.807, 2.05) is 0 Å². The van der Waals surface area contributed by atoms with E-state index in [0.717, 1.165) is 37.5 Å². The maximum absolute atomic E-state index is 14.2. The Morgan fingerprint density at radius 2 is 1.88 bits per heavy atom. The van der Waals surface area contributed by atoms with Crippen LogP contribution in [-0.2, 0) is 9.59 Å². The van der Waals surface area contributed by atoms with Crippen LogP contribution >= 0.6 is 0 Å². The highest BCUT2D eigenvalue weighted by Crippen LogP contribution is 2.49. The Hall–Kier alpha value is -2.57. The molecule has 3 N–H and O–H groups in total. The normalized spacial score (nSPS) is 23.3. The number of hydrogen-bond acceptors (Lipinski definition) is 2. The van der Waals surface area contributed by atoms with Gasteiger partial charge in [0.15, 0.2) is 11.6 Å². The number of amides is 2. The molecule has 7 heteroatoms. The summed E-state index contributed by atoms with van der Waals surface area (Å²) in [5.41, 5.74) is 4.23. The predicted octanol–water partition coefficient (Wildman–Crippen LogP) is 3.36. The molecule has 25 heavy (non-hydrogen) atoms. The monoisotopic (exact) mass is 350 g/mol. The molecule has 0 radical (unpaired) electrons. The molecular weight excluding hydrogens is 333 g/mol. The molecular formula is C18H17F3N2O2. The van der Waals surface area contributed by atoms with E-state index in [2.05, 4.69) is 5.32 Å². The molecule has 4 nitrogen and oxygen atoms in total. The molecule has 2 aliphatic carbocycles. The third-order valence-electron chi connectivity index (χ3n) is 5.03. The summed E-state index contributed by atoms with van der Waals surface area (Å²) < 4.78 is 40.4. The molecule has 1 fully saturated rings. The molecule has 1 aromatic rings. The smallest absolute Gasteiger partial charge is 0.254 e. The Bertz CT molecular complexity index is 800. The Labute approximate surface area is 142 Å². The highest BCUT2D eigenvalue weighted by molar-refractivity contribution is 6.05. The quantitative estimate of drug-likeness (QED) is 0.874.